The van der Waals surface area contributed by atoms with Gasteiger partial charge in [-0.15, -0.1) is 10.2 Å². The fourth-order valence-corrected chi connectivity index (χ4v) is 4.41. The van der Waals surface area contributed by atoms with Gasteiger partial charge in [-0.3, -0.25) is 14.1 Å². The summed E-state index contributed by atoms with van der Waals surface area (Å²) in [4.78, 5) is 17.7. The zero-order valence-corrected chi connectivity index (χ0v) is 20.1. The minimum atomic E-state index is -0.407. The lowest BCUT2D eigenvalue weighted by atomic mass is 10.00. The second-order valence-electron chi connectivity index (χ2n) is 8.72. The topological polar surface area (TPSA) is 94.3 Å². The molecule has 0 bridgehead atoms. The van der Waals surface area contributed by atoms with Crippen LogP contribution in [-0.4, -0.2) is 34.7 Å². The summed E-state index contributed by atoms with van der Waals surface area (Å²) in [5.41, 5.74) is 5.32. The minimum Gasteiger partial charge on any atom is -0.292 e. The Hall–Kier alpha value is -4.40. The Bertz CT molecular complexity index is 1520. The molecule has 5 rings (SSSR count). The Labute approximate surface area is 207 Å². The third-order valence-electron chi connectivity index (χ3n) is 6.29. The van der Waals surface area contributed by atoms with E-state index in [0.29, 0.717) is 18.1 Å². The molecule has 3 aromatic heterocycles. The van der Waals surface area contributed by atoms with Crippen molar-refractivity contribution in [3.63, 3.8) is 0 Å². The van der Waals surface area contributed by atoms with Crippen LogP contribution in [0.2, 0.25) is 0 Å². The highest BCUT2D eigenvalue weighted by molar-refractivity contribution is 5.79. The molecule has 0 aliphatic carbocycles. The van der Waals surface area contributed by atoms with Gasteiger partial charge in [0.05, 0.1) is 12.2 Å². The van der Waals surface area contributed by atoms with Crippen LogP contribution < -0.4 is 5.69 Å². The third kappa shape index (κ3) is 4.47. The molecule has 2 aromatic carbocycles. The first-order chi connectivity index (χ1) is 17.6. The van der Waals surface area contributed by atoms with Crippen LogP contribution in [0, 0.1) is 12.7 Å². The van der Waals surface area contributed by atoms with Crippen molar-refractivity contribution < 1.29 is 4.39 Å². The Morgan fingerprint density at radius 2 is 1.89 bits per heavy atom. The second kappa shape index (κ2) is 10.1. The average Bonchev–Trinajstić information content (AvgIpc) is 3.53. The molecular formula is C27H26FN7O. The quantitative estimate of drug-likeness (QED) is 0.345. The van der Waals surface area contributed by atoms with Crippen molar-refractivity contribution in [3.8, 4) is 28.2 Å². The number of halogens is 1. The molecule has 3 heterocycles. The van der Waals surface area contributed by atoms with E-state index in [0.717, 1.165) is 52.8 Å². The van der Waals surface area contributed by atoms with Gasteiger partial charge >= 0.3 is 5.69 Å². The van der Waals surface area contributed by atoms with Gasteiger partial charge in [-0.05, 0) is 59.4 Å². The number of para-hydroxylation sites is 1. The molecule has 0 radical (unpaired) electrons. The number of pyridine rings is 1. The van der Waals surface area contributed by atoms with Gasteiger partial charge in [-0.1, -0.05) is 49.7 Å². The molecule has 0 amide bonds. The lowest BCUT2D eigenvalue weighted by Crippen LogP contribution is -2.25. The van der Waals surface area contributed by atoms with Crippen LogP contribution in [0.15, 0.2) is 71.9 Å². The molecule has 0 unspecified atom stereocenters. The maximum atomic E-state index is 14.7. The number of hydrogen-bond donors (Lipinski definition) is 1. The number of nitrogens with zero attached hydrogens (tertiary/aromatic N) is 6. The Balaban J connectivity index is 1.49. The fraction of sp³-hybridized carbons (Fsp3) is 0.222. The molecule has 5 aromatic rings. The van der Waals surface area contributed by atoms with E-state index in [1.54, 1.807) is 29.2 Å². The maximum Gasteiger partial charge on any atom is 0.333 e. The van der Waals surface area contributed by atoms with Gasteiger partial charge in [-0.25, -0.2) is 9.18 Å². The lowest BCUT2D eigenvalue weighted by Gasteiger charge is -2.10. The molecule has 0 aliphatic heterocycles. The van der Waals surface area contributed by atoms with Crippen molar-refractivity contribution in [2.45, 2.75) is 39.7 Å². The van der Waals surface area contributed by atoms with E-state index in [2.05, 4.69) is 32.5 Å². The molecule has 0 saturated carbocycles. The highest BCUT2D eigenvalue weighted by Gasteiger charge is 2.17. The lowest BCUT2D eigenvalue weighted by molar-refractivity contribution is 0.611. The van der Waals surface area contributed by atoms with E-state index < -0.39 is 5.82 Å². The normalized spacial score (nSPS) is 11.2. The average molecular weight is 484 g/mol. The van der Waals surface area contributed by atoms with Crippen LogP contribution in [0.3, 0.4) is 0 Å². The van der Waals surface area contributed by atoms with Gasteiger partial charge in [-0.2, -0.15) is 5.21 Å². The van der Waals surface area contributed by atoms with Crippen molar-refractivity contribution in [1.82, 2.24) is 34.7 Å². The third-order valence-corrected chi connectivity index (χ3v) is 6.29. The number of hydrogen-bond acceptors (Lipinski definition) is 5. The van der Waals surface area contributed by atoms with E-state index >= 15 is 0 Å². The molecular weight excluding hydrogens is 457 g/mol. The number of rotatable bonds is 8. The van der Waals surface area contributed by atoms with Crippen molar-refractivity contribution in [2.24, 2.45) is 0 Å². The van der Waals surface area contributed by atoms with Crippen molar-refractivity contribution in [1.29, 1.82) is 0 Å². The summed E-state index contributed by atoms with van der Waals surface area (Å²) in [6.45, 7) is 4.32. The summed E-state index contributed by atoms with van der Waals surface area (Å²) in [6, 6.07) is 14.8. The number of aryl methyl sites for hydroxylation is 2. The predicted molar refractivity (Wildman–Crippen MR) is 135 cm³/mol. The molecule has 9 heteroatoms. The van der Waals surface area contributed by atoms with Gasteiger partial charge in [0.25, 0.3) is 0 Å². The molecule has 0 spiro atoms. The van der Waals surface area contributed by atoms with Crippen molar-refractivity contribution >= 4 is 0 Å². The Morgan fingerprint density at radius 3 is 2.61 bits per heavy atom. The highest BCUT2D eigenvalue weighted by atomic mass is 19.1. The number of imidazole rings is 1. The SMILES string of the molecule is CCCCc1cn(-c2c(C)cccc2F)c(=O)n1Cc1ccc(-c2ccncc2-c2nn[nH]n2)cc1. The van der Waals surface area contributed by atoms with Crippen molar-refractivity contribution in [3.05, 3.63) is 100 Å². The number of tetrazole rings is 1. The van der Waals surface area contributed by atoms with E-state index in [1.165, 1.54) is 10.6 Å². The molecule has 182 valence electrons. The maximum absolute atomic E-state index is 14.7. The van der Waals surface area contributed by atoms with Crippen LogP contribution >= 0.6 is 0 Å². The molecule has 0 aliphatic rings. The molecule has 0 fully saturated rings. The first-order valence-electron chi connectivity index (χ1n) is 11.9. The smallest absolute Gasteiger partial charge is 0.292 e. The van der Waals surface area contributed by atoms with E-state index in [9.17, 15) is 9.18 Å². The number of aromatic nitrogens is 7. The number of H-pyrrole nitrogens is 1. The molecule has 8 nitrogen and oxygen atoms in total. The zero-order valence-electron chi connectivity index (χ0n) is 20.1. The summed E-state index contributed by atoms with van der Waals surface area (Å²) in [5, 5.41) is 14.3. The minimum absolute atomic E-state index is 0.244. The summed E-state index contributed by atoms with van der Waals surface area (Å²) in [6.07, 6.45) is 7.91. The van der Waals surface area contributed by atoms with Crippen LogP contribution in [0.4, 0.5) is 4.39 Å². The highest BCUT2D eigenvalue weighted by Crippen LogP contribution is 2.29. The van der Waals surface area contributed by atoms with Crippen LogP contribution in [0.25, 0.3) is 28.2 Å². The fourth-order valence-electron chi connectivity index (χ4n) is 4.41. The van der Waals surface area contributed by atoms with Gasteiger partial charge in [0.2, 0.25) is 5.82 Å². The number of unbranched alkanes of at least 4 members (excludes halogenated alkanes) is 1. The zero-order chi connectivity index (χ0) is 25.1. The van der Waals surface area contributed by atoms with E-state index in [-0.39, 0.29) is 5.69 Å². The van der Waals surface area contributed by atoms with Gasteiger partial charge in [0.1, 0.15) is 5.82 Å². The van der Waals surface area contributed by atoms with Gasteiger partial charge < -0.3 is 0 Å². The Kier molecular flexibility index (Phi) is 6.53. The van der Waals surface area contributed by atoms with Gasteiger partial charge in [0.15, 0.2) is 0 Å². The largest absolute Gasteiger partial charge is 0.333 e. The molecule has 36 heavy (non-hydrogen) atoms. The number of nitrogens with one attached hydrogen (secondary N) is 1. The molecule has 0 saturated heterocycles. The standard InChI is InChI=1S/C27H26FN7O/c1-3-4-7-21-17-35(25-18(2)6-5-8-24(25)28)27(36)34(21)16-19-9-11-20(12-10-19)22-13-14-29-15-23(22)26-30-32-33-31-26/h5-6,8-15,17H,3-4,7,16H2,1-2H3,(H,30,31,32,33). The first-order valence-corrected chi connectivity index (χ1v) is 11.9. The molecule has 0 atom stereocenters. The number of aromatic amines is 1. The van der Waals surface area contributed by atoms with Crippen LogP contribution in [0.5, 0.6) is 0 Å². The Morgan fingerprint density at radius 1 is 1.06 bits per heavy atom. The van der Waals surface area contributed by atoms with E-state index in [4.69, 9.17) is 0 Å². The van der Waals surface area contributed by atoms with Crippen LogP contribution in [-0.2, 0) is 13.0 Å². The predicted octanol–water partition coefficient (Wildman–Crippen LogP) is 4.72. The summed E-state index contributed by atoms with van der Waals surface area (Å²) in [7, 11) is 0. The molecule has 1 N–H and O–H groups in total. The van der Waals surface area contributed by atoms with Crippen LogP contribution in [0.1, 0.15) is 36.6 Å². The monoisotopic (exact) mass is 483 g/mol. The van der Waals surface area contributed by atoms with Crippen molar-refractivity contribution in [2.75, 3.05) is 0 Å². The summed E-state index contributed by atoms with van der Waals surface area (Å²) >= 11 is 0. The first kappa shape index (κ1) is 23.3. The second-order valence-corrected chi connectivity index (χ2v) is 8.72. The summed E-state index contributed by atoms with van der Waals surface area (Å²) < 4.78 is 17.9. The number of benzene rings is 2. The van der Waals surface area contributed by atoms with Gasteiger partial charge in [0, 0.05) is 29.8 Å². The van der Waals surface area contributed by atoms with E-state index in [1.807, 2.05) is 43.3 Å². The summed E-state index contributed by atoms with van der Waals surface area (Å²) in [5.74, 6) is 0.0643.